The van der Waals surface area contributed by atoms with Crippen molar-refractivity contribution >= 4 is 15.7 Å². The first-order valence-corrected chi connectivity index (χ1v) is 8.64. The summed E-state index contributed by atoms with van der Waals surface area (Å²) in [5.74, 6) is -2.01. The molecule has 22 heavy (non-hydrogen) atoms. The van der Waals surface area contributed by atoms with Crippen molar-refractivity contribution in [3.05, 3.63) is 29.8 Å². The molecule has 1 heterocycles. The second kappa shape index (κ2) is 5.91. The van der Waals surface area contributed by atoms with Gasteiger partial charge >= 0.3 is 6.18 Å². The van der Waals surface area contributed by atoms with Crippen LogP contribution in [0.2, 0.25) is 0 Å². The van der Waals surface area contributed by atoms with E-state index in [1.165, 1.54) is 29.2 Å². The lowest BCUT2D eigenvalue weighted by molar-refractivity contribution is -0.184. The molecule has 4 nitrogen and oxygen atoms in total. The molecule has 0 radical (unpaired) electrons. The highest BCUT2D eigenvalue weighted by Crippen LogP contribution is 2.33. The Morgan fingerprint density at radius 3 is 2.32 bits per heavy atom. The van der Waals surface area contributed by atoms with Gasteiger partial charge in [-0.1, -0.05) is 0 Å². The quantitative estimate of drug-likeness (QED) is 0.834. The lowest BCUT2D eigenvalue weighted by Gasteiger charge is -2.33. The summed E-state index contributed by atoms with van der Waals surface area (Å²) in [7, 11) is -3.37. The highest BCUT2D eigenvalue weighted by molar-refractivity contribution is 7.90. The molecule has 122 valence electrons. The fourth-order valence-corrected chi connectivity index (χ4v) is 3.09. The Hall–Kier alpha value is -1.57. The molecule has 1 atom stereocenters. The second-order valence-electron chi connectivity index (χ2n) is 5.43. The lowest BCUT2D eigenvalue weighted by atomic mass is 9.97. The minimum atomic E-state index is -4.31. The number of rotatable bonds is 2. The van der Waals surface area contributed by atoms with Gasteiger partial charge in [0.2, 0.25) is 0 Å². The van der Waals surface area contributed by atoms with E-state index in [4.69, 9.17) is 0 Å². The normalized spacial score (nSPS) is 20.0. The van der Waals surface area contributed by atoms with Gasteiger partial charge in [-0.05, 0) is 37.1 Å². The van der Waals surface area contributed by atoms with Crippen LogP contribution in [0.3, 0.4) is 0 Å². The number of hydrogen-bond acceptors (Lipinski definition) is 3. The number of amides is 1. The Kier molecular flexibility index (Phi) is 4.51. The third-order valence-electron chi connectivity index (χ3n) is 3.70. The highest BCUT2D eigenvalue weighted by Gasteiger charge is 2.42. The Labute approximate surface area is 126 Å². The lowest BCUT2D eigenvalue weighted by Crippen LogP contribution is -2.44. The van der Waals surface area contributed by atoms with Crippen molar-refractivity contribution in [3.63, 3.8) is 0 Å². The maximum Gasteiger partial charge on any atom is 0.393 e. The van der Waals surface area contributed by atoms with Crippen molar-refractivity contribution < 1.29 is 26.4 Å². The number of alkyl halides is 3. The van der Waals surface area contributed by atoms with Crippen LogP contribution in [0.25, 0.3) is 0 Å². The average molecular weight is 335 g/mol. The van der Waals surface area contributed by atoms with Crippen LogP contribution in [0.5, 0.6) is 0 Å². The zero-order valence-electron chi connectivity index (χ0n) is 11.9. The number of benzene rings is 1. The van der Waals surface area contributed by atoms with E-state index < -0.39 is 27.8 Å². The average Bonchev–Trinajstić information content (AvgIpc) is 2.45. The van der Waals surface area contributed by atoms with Crippen LogP contribution >= 0.6 is 0 Å². The number of piperidine rings is 1. The van der Waals surface area contributed by atoms with Gasteiger partial charge in [-0.25, -0.2) is 8.42 Å². The number of halogens is 3. The first-order valence-electron chi connectivity index (χ1n) is 6.75. The summed E-state index contributed by atoms with van der Waals surface area (Å²) >= 11 is 0. The minimum Gasteiger partial charge on any atom is -0.338 e. The van der Waals surface area contributed by atoms with Crippen molar-refractivity contribution in [1.82, 2.24) is 4.90 Å². The molecule has 0 aromatic heterocycles. The standard InChI is InChI=1S/C14H16F3NO3S/c1-22(20,21)12-6-4-10(5-7-12)13(19)18-8-2-3-11(9-18)14(15,16)17/h4-7,11H,2-3,8-9H2,1H3/t11-/m0/s1. The Morgan fingerprint density at radius 1 is 1.23 bits per heavy atom. The SMILES string of the molecule is CS(=O)(=O)c1ccc(C(=O)N2CCC[C@H](C(F)(F)F)C2)cc1. The molecule has 0 aliphatic carbocycles. The van der Waals surface area contributed by atoms with Gasteiger partial charge in [-0.3, -0.25) is 4.79 Å². The first kappa shape index (κ1) is 16.8. The predicted molar refractivity (Wildman–Crippen MR) is 74.2 cm³/mol. The van der Waals surface area contributed by atoms with Crippen molar-refractivity contribution in [1.29, 1.82) is 0 Å². The predicted octanol–water partition coefficient (Wildman–Crippen LogP) is 2.50. The molecular formula is C14H16F3NO3S. The number of carbonyl (C=O) groups is 1. The Balaban J connectivity index is 2.14. The van der Waals surface area contributed by atoms with E-state index in [1.807, 2.05) is 0 Å². The third-order valence-corrected chi connectivity index (χ3v) is 4.83. The van der Waals surface area contributed by atoms with Gasteiger partial charge in [-0.2, -0.15) is 13.2 Å². The molecule has 1 aromatic carbocycles. The molecule has 1 amide bonds. The largest absolute Gasteiger partial charge is 0.393 e. The van der Waals surface area contributed by atoms with Crippen molar-refractivity contribution in [2.45, 2.75) is 23.9 Å². The molecule has 0 N–H and O–H groups in total. The molecule has 0 saturated carbocycles. The zero-order chi connectivity index (χ0) is 16.5. The van der Waals surface area contributed by atoms with Crippen LogP contribution in [0.1, 0.15) is 23.2 Å². The summed E-state index contributed by atoms with van der Waals surface area (Å²) < 4.78 is 61.0. The van der Waals surface area contributed by atoms with Gasteiger partial charge in [0.1, 0.15) is 0 Å². The number of nitrogens with zero attached hydrogens (tertiary/aromatic N) is 1. The fraction of sp³-hybridized carbons (Fsp3) is 0.500. The molecule has 1 saturated heterocycles. The summed E-state index contributed by atoms with van der Waals surface area (Å²) in [5.41, 5.74) is 0.190. The number of carbonyl (C=O) groups excluding carboxylic acids is 1. The third kappa shape index (κ3) is 3.79. The van der Waals surface area contributed by atoms with E-state index in [9.17, 15) is 26.4 Å². The van der Waals surface area contributed by atoms with E-state index in [1.54, 1.807) is 0 Å². The number of likely N-dealkylation sites (tertiary alicyclic amines) is 1. The van der Waals surface area contributed by atoms with Gasteiger partial charge in [0, 0.05) is 24.9 Å². The van der Waals surface area contributed by atoms with Gasteiger partial charge in [0.05, 0.1) is 10.8 Å². The van der Waals surface area contributed by atoms with Gasteiger partial charge in [0.15, 0.2) is 9.84 Å². The van der Waals surface area contributed by atoms with Crippen LogP contribution in [0.4, 0.5) is 13.2 Å². The number of hydrogen-bond donors (Lipinski definition) is 0. The van der Waals surface area contributed by atoms with Crippen LogP contribution in [0, 0.1) is 5.92 Å². The summed E-state index contributed by atoms with van der Waals surface area (Å²) in [6.07, 6.45) is -2.93. The monoisotopic (exact) mass is 335 g/mol. The molecule has 1 aromatic rings. The smallest absolute Gasteiger partial charge is 0.338 e. The molecule has 2 rings (SSSR count). The van der Waals surface area contributed by atoms with Gasteiger partial charge in [0.25, 0.3) is 5.91 Å². The van der Waals surface area contributed by atoms with Gasteiger partial charge in [-0.15, -0.1) is 0 Å². The van der Waals surface area contributed by atoms with Crippen LogP contribution in [-0.4, -0.2) is 44.7 Å². The zero-order valence-corrected chi connectivity index (χ0v) is 12.7. The second-order valence-corrected chi connectivity index (χ2v) is 7.44. The maximum atomic E-state index is 12.8. The maximum absolute atomic E-state index is 12.8. The molecule has 1 aliphatic heterocycles. The highest BCUT2D eigenvalue weighted by atomic mass is 32.2. The first-order chi connectivity index (χ1) is 10.1. The molecular weight excluding hydrogens is 319 g/mol. The van der Waals surface area contributed by atoms with E-state index in [2.05, 4.69) is 0 Å². The van der Waals surface area contributed by atoms with E-state index in [0.717, 1.165) is 6.26 Å². The van der Waals surface area contributed by atoms with E-state index >= 15 is 0 Å². The van der Waals surface area contributed by atoms with E-state index in [-0.39, 0.29) is 30.0 Å². The molecule has 0 unspecified atom stereocenters. The summed E-state index contributed by atoms with van der Waals surface area (Å²) in [5, 5.41) is 0. The molecule has 8 heteroatoms. The fourth-order valence-electron chi connectivity index (χ4n) is 2.46. The number of sulfone groups is 1. The van der Waals surface area contributed by atoms with Crippen LogP contribution < -0.4 is 0 Å². The van der Waals surface area contributed by atoms with Crippen LogP contribution in [0.15, 0.2) is 29.2 Å². The molecule has 0 bridgehead atoms. The summed E-state index contributed by atoms with van der Waals surface area (Å²) in [6, 6.07) is 5.23. The summed E-state index contributed by atoms with van der Waals surface area (Å²) in [6.45, 7) is -0.0740. The molecule has 1 aliphatic rings. The van der Waals surface area contributed by atoms with Gasteiger partial charge < -0.3 is 4.90 Å². The topological polar surface area (TPSA) is 54.5 Å². The van der Waals surface area contributed by atoms with Crippen molar-refractivity contribution in [3.8, 4) is 0 Å². The van der Waals surface area contributed by atoms with Crippen molar-refractivity contribution in [2.24, 2.45) is 5.92 Å². The minimum absolute atomic E-state index is 0.0281. The molecule has 0 spiro atoms. The van der Waals surface area contributed by atoms with Crippen molar-refractivity contribution in [2.75, 3.05) is 19.3 Å². The van der Waals surface area contributed by atoms with Crippen LogP contribution in [-0.2, 0) is 9.84 Å². The van der Waals surface area contributed by atoms with E-state index in [0.29, 0.717) is 6.42 Å². The Morgan fingerprint density at radius 2 is 1.82 bits per heavy atom. The Bertz CT molecular complexity index is 653. The summed E-state index contributed by atoms with van der Waals surface area (Å²) in [4.78, 5) is 13.5. The molecule has 1 fully saturated rings.